The standard InChI is InChI=1S/C25H19ClN4O2/c26-19-11-5-4-10-18(19)20-16-27-23(32-20)14-13-22(31)29-25-24(17-8-2-1-3-9-17)28-21-12-6-7-15-30(21)25/h1-12,15-16H,13-14H2,(H,29,31). The molecule has 0 unspecified atom stereocenters. The Bertz CT molecular complexity index is 1390. The highest BCUT2D eigenvalue weighted by Crippen LogP contribution is 2.30. The third kappa shape index (κ3) is 4.00. The number of nitrogens with zero attached hydrogens (tertiary/aromatic N) is 3. The van der Waals surface area contributed by atoms with Gasteiger partial charge in [0.15, 0.2) is 11.7 Å². The summed E-state index contributed by atoms with van der Waals surface area (Å²) in [6.07, 6.45) is 4.10. The molecule has 0 radical (unpaired) electrons. The van der Waals surface area contributed by atoms with Crippen molar-refractivity contribution in [3.8, 4) is 22.6 Å². The van der Waals surface area contributed by atoms with Crippen LogP contribution in [-0.4, -0.2) is 20.3 Å². The van der Waals surface area contributed by atoms with Gasteiger partial charge in [-0.2, -0.15) is 0 Å². The number of nitrogens with one attached hydrogen (secondary N) is 1. The van der Waals surface area contributed by atoms with E-state index in [1.54, 1.807) is 12.3 Å². The summed E-state index contributed by atoms with van der Waals surface area (Å²) < 4.78 is 7.68. The molecule has 3 heterocycles. The van der Waals surface area contributed by atoms with Crippen molar-refractivity contribution in [1.82, 2.24) is 14.4 Å². The Kier molecular flexibility index (Phi) is 5.44. The first-order valence-corrected chi connectivity index (χ1v) is 10.6. The highest BCUT2D eigenvalue weighted by molar-refractivity contribution is 6.33. The Morgan fingerprint density at radius 3 is 2.62 bits per heavy atom. The van der Waals surface area contributed by atoms with Gasteiger partial charge in [0.25, 0.3) is 0 Å². The molecule has 0 bridgehead atoms. The summed E-state index contributed by atoms with van der Waals surface area (Å²) in [4.78, 5) is 21.8. The van der Waals surface area contributed by atoms with Crippen LogP contribution in [0.3, 0.4) is 0 Å². The summed E-state index contributed by atoms with van der Waals surface area (Å²) in [6, 6.07) is 22.9. The summed E-state index contributed by atoms with van der Waals surface area (Å²) in [6.45, 7) is 0. The number of amides is 1. The van der Waals surface area contributed by atoms with Crippen LogP contribution in [0.5, 0.6) is 0 Å². The molecule has 0 saturated carbocycles. The van der Waals surface area contributed by atoms with Gasteiger partial charge in [-0.25, -0.2) is 9.97 Å². The minimum Gasteiger partial charge on any atom is -0.441 e. The van der Waals surface area contributed by atoms with E-state index in [-0.39, 0.29) is 12.3 Å². The number of oxazole rings is 1. The van der Waals surface area contributed by atoms with Crippen molar-refractivity contribution >= 4 is 29.0 Å². The van der Waals surface area contributed by atoms with Crippen molar-refractivity contribution in [2.24, 2.45) is 0 Å². The fourth-order valence-electron chi connectivity index (χ4n) is 3.54. The number of aryl methyl sites for hydroxylation is 1. The molecule has 0 atom stereocenters. The number of aromatic nitrogens is 3. The smallest absolute Gasteiger partial charge is 0.226 e. The van der Waals surface area contributed by atoms with Gasteiger partial charge in [0.2, 0.25) is 5.91 Å². The highest BCUT2D eigenvalue weighted by atomic mass is 35.5. The fourth-order valence-corrected chi connectivity index (χ4v) is 3.77. The monoisotopic (exact) mass is 442 g/mol. The number of carbonyl (C=O) groups is 1. The quantitative estimate of drug-likeness (QED) is 0.356. The Balaban J connectivity index is 1.34. The summed E-state index contributed by atoms with van der Waals surface area (Å²) in [7, 11) is 0. The van der Waals surface area contributed by atoms with Gasteiger partial charge in [-0.05, 0) is 24.3 Å². The van der Waals surface area contributed by atoms with E-state index in [0.717, 1.165) is 22.5 Å². The number of hydrogen-bond acceptors (Lipinski definition) is 4. The number of hydrogen-bond donors (Lipinski definition) is 1. The lowest BCUT2D eigenvalue weighted by molar-refractivity contribution is -0.116. The lowest BCUT2D eigenvalue weighted by atomic mass is 10.1. The lowest BCUT2D eigenvalue weighted by Gasteiger charge is -2.07. The predicted molar refractivity (Wildman–Crippen MR) is 125 cm³/mol. The first-order valence-electron chi connectivity index (χ1n) is 10.2. The predicted octanol–water partition coefficient (Wildman–Crippen LogP) is 5.88. The molecule has 6 nitrogen and oxygen atoms in total. The molecule has 0 aliphatic heterocycles. The van der Waals surface area contributed by atoms with E-state index in [9.17, 15) is 4.79 Å². The number of fused-ring (bicyclic) bond motifs is 1. The molecule has 1 N–H and O–H groups in total. The molecule has 7 heteroatoms. The third-order valence-corrected chi connectivity index (χ3v) is 5.42. The van der Waals surface area contributed by atoms with Gasteiger partial charge in [0, 0.05) is 30.2 Å². The van der Waals surface area contributed by atoms with Crippen LogP contribution >= 0.6 is 11.6 Å². The zero-order valence-corrected chi connectivity index (χ0v) is 17.8. The van der Waals surface area contributed by atoms with Crippen LogP contribution in [0.1, 0.15) is 12.3 Å². The maximum Gasteiger partial charge on any atom is 0.226 e. The largest absolute Gasteiger partial charge is 0.441 e. The average molecular weight is 443 g/mol. The molecule has 158 valence electrons. The van der Waals surface area contributed by atoms with Crippen molar-refractivity contribution in [3.05, 3.63) is 96.1 Å². The van der Waals surface area contributed by atoms with Gasteiger partial charge >= 0.3 is 0 Å². The van der Waals surface area contributed by atoms with E-state index >= 15 is 0 Å². The molecule has 0 aliphatic carbocycles. The van der Waals surface area contributed by atoms with Gasteiger partial charge in [0.05, 0.1) is 11.2 Å². The SMILES string of the molecule is O=C(CCc1ncc(-c2ccccc2Cl)o1)Nc1c(-c2ccccc2)nc2ccccn12. The van der Waals surface area contributed by atoms with Crippen molar-refractivity contribution in [2.45, 2.75) is 12.8 Å². The average Bonchev–Trinajstić information content (AvgIpc) is 3.44. The van der Waals surface area contributed by atoms with Crippen LogP contribution in [0.25, 0.3) is 28.2 Å². The Labute approximate surface area is 189 Å². The Hall–Kier alpha value is -3.90. The second-order valence-corrected chi connectivity index (χ2v) is 7.66. The minimum atomic E-state index is -0.148. The molecular weight excluding hydrogens is 424 g/mol. The Morgan fingerprint density at radius 1 is 1.00 bits per heavy atom. The molecule has 0 aliphatic rings. The summed E-state index contributed by atoms with van der Waals surface area (Å²) >= 11 is 6.23. The maximum atomic E-state index is 12.8. The van der Waals surface area contributed by atoms with Crippen LogP contribution < -0.4 is 5.32 Å². The van der Waals surface area contributed by atoms with E-state index in [2.05, 4.69) is 10.3 Å². The summed E-state index contributed by atoms with van der Waals surface area (Å²) in [5.41, 5.74) is 3.19. The van der Waals surface area contributed by atoms with E-state index in [1.165, 1.54) is 0 Å². The van der Waals surface area contributed by atoms with E-state index < -0.39 is 0 Å². The minimum absolute atomic E-state index is 0.148. The molecule has 0 fully saturated rings. The number of rotatable bonds is 6. The fraction of sp³-hybridized carbons (Fsp3) is 0.0800. The number of carbonyl (C=O) groups excluding carboxylic acids is 1. The molecule has 5 aromatic rings. The van der Waals surface area contributed by atoms with Crippen LogP contribution in [0.2, 0.25) is 5.02 Å². The zero-order valence-electron chi connectivity index (χ0n) is 17.0. The zero-order chi connectivity index (χ0) is 21.9. The molecule has 32 heavy (non-hydrogen) atoms. The van der Waals surface area contributed by atoms with E-state index in [0.29, 0.717) is 28.9 Å². The van der Waals surface area contributed by atoms with Gasteiger partial charge in [-0.15, -0.1) is 0 Å². The molecule has 2 aromatic carbocycles. The number of halogens is 1. The maximum absolute atomic E-state index is 12.8. The number of pyridine rings is 1. The topological polar surface area (TPSA) is 72.4 Å². The van der Waals surface area contributed by atoms with Crippen LogP contribution in [-0.2, 0) is 11.2 Å². The van der Waals surface area contributed by atoms with Crippen molar-refractivity contribution in [1.29, 1.82) is 0 Å². The molecular formula is C25H19ClN4O2. The summed E-state index contributed by atoms with van der Waals surface area (Å²) in [5.74, 6) is 1.56. The number of imidazole rings is 1. The van der Waals surface area contributed by atoms with Gasteiger partial charge in [0.1, 0.15) is 17.2 Å². The number of anilines is 1. The van der Waals surface area contributed by atoms with Gasteiger partial charge in [-0.1, -0.05) is 60.1 Å². The lowest BCUT2D eigenvalue weighted by Crippen LogP contribution is -2.14. The van der Waals surface area contributed by atoms with Gasteiger partial charge < -0.3 is 9.73 Å². The van der Waals surface area contributed by atoms with Crippen molar-refractivity contribution < 1.29 is 9.21 Å². The molecule has 1 amide bonds. The van der Waals surface area contributed by atoms with E-state index in [4.69, 9.17) is 21.0 Å². The molecule has 3 aromatic heterocycles. The molecule has 0 saturated heterocycles. The van der Waals surface area contributed by atoms with Gasteiger partial charge in [-0.3, -0.25) is 9.20 Å². The second-order valence-electron chi connectivity index (χ2n) is 7.25. The second kappa shape index (κ2) is 8.69. The normalized spacial score (nSPS) is 11.0. The Morgan fingerprint density at radius 2 is 1.78 bits per heavy atom. The third-order valence-electron chi connectivity index (χ3n) is 5.09. The van der Waals surface area contributed by atoms with Crippen LogP contribution in [0.4, 0.5) is 5.82 Å². The first-order chi connectivity index (χ1) is 15.7. The number of benzene rings is 2. The summed E-state index contributed by atoms with van der Waals surface area (Å²) in [5, 5.41) is 3.61. The molecule has 5 rings (SSSR count). The van der Waals surface area contributed by atoms with Crippen molar-refractivity contribution in [3.63, 3.8) is 0 Å². The van der Waals surface area contributed by atoms with Crippen LogP contribution in [0.15, 0.2) is 89.6 Å². The van der Waals surface area contributed by atoms with E-state index in [1.807, 2.05) is 77.3 Å². The first kappa shape index (κ1) is 20.0. The molecule has 0 spiro atoms. The van der Waals surface area contributed by atoms with Crippen molar-refractivity contribution in [2.75, 3.05) is 5.32 Å². The highest BCUT2D eigenvalue weighted by Gasteiger charge is 2.17. The van der Waals surface area contributed by atoms with Crippen LogP contribution in [0, 0.1) is 0 Å².